The monoisotopic (exact) mass is 376 g/mol. The Kier molecular flexibility index (Phi) is 4.70. The molecule has 1 N–H and O–H groups in total. The molecule has 1 spiro atoms. The quantitative estimate of drug-likeness (QED) is 0.755. The highest BCUT2D eigenvalue weighted by molar-refractivity contribution is 5.24. The van der Waals surface area contributed by atoms with Crippen molar-refractivity contribution >= 4 is 0 Å². The smallest absolute Gasteiger partial charge is 0.188 e. The average Bonchev–Trinajstić information content (AvgIpc) is 3.27. The second-order valence-corrected chi connectivity index (χ2v) is 9.64. The zero-order chi connectivity index (χ0) is 18.6. The van der Waals surface area contributed by atoms with E-state index in [1.807, 2.05) is 0 Å². The third kappa shape index (κ3) is 2.70. The van der Waals surface area contributed by atoms with Gasteiger partial charge in [0, 0.05) is 18.4 Å². The van der Waals surface area contributed by atoms with Gasteiger partial charge in [-0.15, -0.1) is 0 Å². The van der Waals surface area contributed by atoms with Gasteiger partial charge < -0.3 is 19.3 Å². The highest BCUT2D eigenvalue weighted by Crippen LogP contribution is 2.64. The van der Waals surface area contributed by atoms with Crippen LogP contribution in [0.4, 0.5) is 0 Å². The van der Waals surface area contributed by atoms with Gasteiger partial charge in [0.25, 0.3) is 0 Å². The number of aliphatic hydroxyl groups is 1. The molecule has 152 valence electrons. The fourth-order valence-electron chi connectivity index (χ4n) is 7.92. The van der Waals surface area contributed by atoms with E-state index in [4.69, 9.17) is 14.2 Å². The lowest BCUT2D eigenvalue weighted by molar-refractivity contribution is -0.157. The zero-order valence-electron chi connectivity index (χ0n) is 17.0. The molecular formula is C23H36O4. The van der Waals surface area contributed by atoms with Crippen molar-refractivity contribution < 1.29 is 19.3 Å². The minimum atomic E-state index is -0.446. The van der Waals surface area contributed by atoms with Crippen molar-refractivity contribution in [1.82, 2.24) is 0 Å². The van der Waals surface area contributed by atoms with Crippen molar-refractivity contribution in [2.24, 2.45) is 29.1 Å². The molecule has 5 aliphatic rings. The summed E-state index contributed by atoms with van der Waals surface area (Å²) < 4.78 is 18.1. The number of hydrogen-bond donors (Lipinski definition) is 1. The lowest BCUT2D eigenvalue weighted by Crippen LogP contribution is -2.55. The van der Waals surface area contributed by atoms with E-state index >= 15 is 0 Å². The molecule has 1 saturated heterocycles. The van der Waals surface area contributed by atoms with E-state index in [9.17, 15) is 5.11 Å². The van der Waals surface area contributed by atoms with E-state index < -0.39 is 5.79 Å². The molecule has 4 fully saturated rings. The predicted octanol–water partition coefficient (Wildman–Crippen LogP) is 4.07. The van der Waals surface area contributed by atoms with Gasteiger partial charge in [-0.1, -0.05) is 12.5 Å². The maximum absolute atomic E-state index is 11.4. The van der Waals surface area contributed by atoms with Crippen LogP contribution in [0.5, 0.6) is 0 Å². The second-order valence-electron chi connectivity index (χ2n) is 9.64. The largest absolute Gasteiger partial charge is 0.393 e. The third-order valence-corrected chi connectivity index (χ3v) is 8.88. The molecule has 7 unspecified atom stereocenters. The molecule has 4 aliphatic carbocycles. The van der Waals surface area contributed by atoms with Gasteiger partial charge in [0.05, 0.1) is 25.4 Å². The van der Waals surface area contributed by atoms with Crippen LogP contribution in [0.3, 0.4) is 0 Å². The Morgan fingerprint density at radius 3 is 2.70 bits per heavy atom. The van der Waals surface area contributed by atoms with Crippen LogP contribution in [0.1, 0.15) is 65.2 Å². The Morgan fingerprint density at radius 1 is 1.15 bits per heavy atom. The van der Waals surface area contributed by atoms with Gasteiger partial charge in [0.2, 0.25) is 0 Å². The summed E-state index contributed by atoms with van der Waals surface area (Å²) in [5, 5.41) is 11.4. The Labute approximate surface area is 163 Å². The molecule has 0 radical (unpaired) electrons. The Hall–Kier alpha value is -0.420. The molecular weight excluding hydrogens is 340 g/mol. The maximum atomic E-state index is 11.4. The van der Waals surface area contributed by atoms with Crippen LogP contribution in [-0.2, 0) is 14.2 Å². The molecule has 0 aromatic heterocycles. The highest BCUT2D eigenvalue weighted by Gasteiger charge is 2.61. The van der Waals surface area contributed by atoms with E-state index in [-0.39, 0.29) is 11.5 Å². The van der Waals surface area contributed by atoms with Gasteiger partial charge in [-0.3, -0.25) is 0 Å². The van der Waals surface area contributed by atoms with E-state index in [1.165, 1.54) is 24.8 Å². The molecule has 4 nitrogen and oxygen atoms in total. The highest BCUT2D eigenvalue weighted by atomic mass is 16.7. The summed E-state index contributed by atoms with van der Waals surface area (Å²) in [4.78, 5) is 0. The van der Waals surface area contributed by atoms with Gasteiger partial charge in [0.15, 0.2) is 5.79 Å². The molecule has 0 aromatic rings. The molecule has 0 amide bonds. The van der Waals surface area contributed by atoms with Gasteiger partial charge in [-0.25, -0.2) is 0 Å². The van der Waals surface area contributed by atoms with Gasteiger partial charge >= 0.3 is 0 Å². The maximum Gasteiger partial charge on any atom is 0.188 e. The fourth-order valence-corrected chi connectivity index (χ4v) is 7.92. The van der Waals surface area contributed by atoms with Crippen LogP contribution in [0, 0.1) is 29.1 Å². The summed E-state index contributed by atoms with van der Waals surface area (Å²) >= 11 is 0. The first-order valence-corrected chi connectivity index (χ1v) is 11.4. The normalized spacial score (nSPS) is 48.0. The van der Waals surface area contributed by atoms with Crippen molar-refractivity contribution in [3.63, 3.8) is 0 Å². The van der Waals surface area contributed by atoms with E-state index in [1.54, 1.807) is 0 Å². The number of rotatable bonds is 3. The summed E-state index contributed by atoms with van der Waals surface area (Å²) in [6, 6.07) is 0. The average molecular weight is 377 g/mol. The minimum Gasteiger partial charge on any atom is -0.393 e. The van der Waals surface area contributed by atoms with Crippen LogP contribution in [0.25, 0.3) is 0 Å². The van der Waals surface area contributed by atoms with Crippen molar-refractivity contribution in [2.45, 2.75) is 83.2 Å². The van der Waals surface area contributed by atoms with Gasteiger partial charge in [-0.05, 0) is 81.6 Å². The van der Waals surface area contributed by atoms with Crippen molar-refractivity contribution in [3.8, 4) is 0 Å². The van der Waals surface area contributed by atoms with Gasteiger partial charge in [0.1, 0.15) is 0 Å². The summed E-state index contributed by atoms with van der Waals surface area (Å²) in [7, 11) is 0. The third-order valence-electron chi connectivity index (χ3n) is 8.88. The summed E-state index contributed by atoms with van der Waals surface area (Å²) in [6.07, 6.45) is 11.4. The summed E-state index contributed by atoms with van der Waals surface area (Å²) in [6.45, 7) is 6.65. The molecule has 5 rings (SSSR count). The lowest BCUT2D eigenvalue weighted by atomic mass is 9.50. The van der Waals surface area contributed by atoms with Crippen molar-refractivity contribution in [1.29, 1.82) is 0 Å². The van der Waals surface area contributed by atoms with Crippen molar-refractivity contribution in [2.75, 3.05) is 19.8 Å². The molecule has 0 aromatic carbocycles. The standard InChI is InChI=1S/C23H36O4/c1-3-22-14-19(24)21-16-9-10-23(26-11-12-27-23)13-15(16)5-6-17(21)18(22)7-8-20(22)25-4-2/h13,16-21,24H,3-12,14H2,1-2H3. The molecule has 1 heterocycles. The Bertz CT molecular complexity index is 595. The van der Waals surface area contributed by atoms with Crippen LogP contribution in [0.2, 0.25) is 0 Å². The summed E-state index contributed by atoms with van der Waals surface area (Å²) in [5.41, 5.74) is 1.71. The molecule has 4 heteroatoms. The molecule has 1 aliphatic heterocycles. The first kappa shape index (κ1) is 18.6. The first-order chi connectivity index (χ1) is 13.1. The van der Waals surface area contributed by atoms with E-state index in [0.29, 0.717) is 37.1 Å². The minimum absolute atomic E-state index is 0.194. The second kappa shape index (κ2) is 6.83. The fraction of sp³-hybridized carbons (Fsp3) is 0.913. The van der Waals surface area contributed by atoms with Crippen molar-refractivity contribution in [3.05, 3.63) is 11.6 Å². The predicted molar refractivity (Wildman–Crippen MR) is 103 cm³/mol. The Balaban J connectivity index is 1.43. The van der Waals surface area contributed by atoms with Crippen LogP contribution in [0.15, 0.2) is 11.6 Å². The molecule has 27 heavy (non-hydrogen) atoms. The molecule has 0 bridgehead atoms. The number of hydrogen-bond acceptors (Lipinski definition) is 4. The lowest BCUT2D eigenvalue weighted by Gasteiger charge is -2.57. The zero-order valence-corrected chi connectivity index (χ0v) is 17.0. The molecule has 7 atom stereocenters. The topological polar surface area (TPSA) is 47.9 Å². The van der Waals surface area contributed by atoms with Crippen LogP contribution >= 0.6 is 0 Å². The number of ether oxygens (including phenoxy) is 3. The van der Waals surface area contributed by atoms with E-state index in [0.717, 1.165) is 44.6 Å². The number of allylic oxidation sites excluding steroid dienone is 1. The van der Waals surface area contributed by atoms with Crippen LogP contribution in [-0.4, -0.2) is 42.9 Å². The molecule has 3 saturated carbocycles. The summed E-state index contributed by atoms with van der Waals surface area (Å²) in [5.74, 6) is 1.88. The SMILES string of the molecule is CCOC1CCC2C3CCC4=CC5(CCC4C3C(O)CC12CC)OCCO5. The van der Waals surface area contributed by atoms with Gasteiger partial charge in [-0.2, -0.15) is 0 Å². The van der Waals surface area contributed by atoms with Crippen LogP contribution < -0.4 is 0 Å². The number of fused-ring (bicyclic) bond motifs is 5. The van der Waals surface area contributed by atoms with E-state index in [2.05, 4.69) is 19.9 Å². The first-order valence-electron chi connectivity index (χ1n) is 11.4. The number of aliphatic hydroxyl groups excluding tert-OH is 1. The Morgan fingerprint density at radius 2 is 1.96 bits per heavy atom.